The molecule has 0 saturated heterocycles. The van der Waals surface area contributed by atoms with Crippen LogP contribution in [0.5, 0.6) is 0 Å². The Kier molecular flexibility index (Phi) is 115. The summed E-state index contributed by atoms with van der Waals surface area (Å²) in [6.45, 7) is 0. The van der Waals surface area contributed by atoms with Crippen molar-refractivity contribution in [1.29, 1.82) is 0 Å². The van der Waals surface area contributed by atoms with Crippen LogP contribution in [0.15, 0.2) is 0 Å². The molecule has 4 heteroatoms. The van der Waals surface area contributed by atoms with Crippen molar-refractivity contribution in [3.63, 3.8) is 0 Å². The van der Waals surface area contributed by atoms with Gasteiger partial charge >= 0.3 is 74.7 Å². The monoisotopic (exact) mass is 386 g/mol. The summed E-state index contributed by atoms with van der Waals surface area (Å²) in [5.41, 5.74) is 0. The zero-order chi connectivity index (χ0) is 0. The van der Waals surface area contributed by atoms with E-state index in [1.807, 2.05) is 0 Å². The van der Waals surface area contributed by atoms with Crippen LogP contribution in [0.4, 0.5) is 0 Å². The molecule has 1 radical (unpaired) electrons. The number of hydrogen-bond donors (Lipinski definition) is 0. The Morgan fingerprint density at radius 2 is 1.00 bits per heavy atom. The van der Waals surface area contributed by atoms with Crippen molar-refractivity contribution < 1.29 is 51.7 Å². The van der Waals surface area contributed by atoms with Gasteiger partial charge in [-0.3, -0.25) is 0 Å². The Morgan fingerprint density at radius 3 is 1.00 bits per heavy atom. The predicted molar refractivity (Wildman–Crippen MR) is 6.44 cm³/mol. The van der Waals surface area contributed by atoms with E-state index in [0.29, 0.717) is 0 Å². The standard InChI is InChI=1S/Ba.O.Re.Sc/q+2;-2;;+3. The fourth-order valence-corrected chi connectivity index (χ4v) is 0. The summed E-state index contributed by atoms with van der Waals surface area (Å²) in [6.07, 6.45) is 0. The molecule has 0 unspecified atom stereocenters. The average Bonchev–Trinajstić information content (AvgIpc) is 0. The molecule has 0 aromatic rings. The molecule has 0 heterocycles. The van der Waals surface area contributed by atoms with Gasteiger partial charge in [0.1, 0.15) is 0 Å². The summed E-state index contributed by atoms with van der Waals surface area (Å²) >= 11 is 0. The third-order valence-electron chi connectivity index (χ3n) is 0. The second kappa shape index (κ2) is 16.6. The van der Waals surface area contributed by atoms with Crippen molar-refractivity contribution in [2.75, 3.05) is 0 Å². The number of rotatable bonds is 0. The van der Waals surface area contributed by atoms with Gasteiger partial charge in [-0.25, -0.2) is 0 Å². The normalized spacial score (nSPS) is 0. The summed E-state index contributed by atoms with van der Waals surface area (Å²) in [5, 5.41) is 0. The molecule has 0 aliphatic rings. The van der Waals surface area contributed by atoms with Gasteiger partial charge in [0.05, 0.1) is 0 Å². The van der Waals surface area contributed by atoms with Gasteiger partial charge in [-0.1, -0.05) is 0 Å². The maximum absolute atomic E-state index is 0. The third-order valence-corrected chi connectivity index (χ3v) is 0. The molecule has 0 spiro atoms. The first-order valence-electron chi connectivity index (χ1n) is 0. The molecule has 0 N–H and O–H groups in total. The van der Waals surface area contributed by atoms with E-state index in [1.165, 1.54) is 0 Å². The molecule has 1 nitrogen and oxygen atoms in total. The van der Waals surface area contributed by atoms with Crippen molar-refractivity contribution >= 4 is 48.9 Å². The van der Waals surface area contributed by atoms with Crippen molar-refractivity contribution in [2.24, 2.45) is 0 Å². The first-order chi connectivity index (χ1) is 0. The molecule has 4 heavy (non-hydrogen) atoms. The molecule has 0 rings (SSSR count). The van der Waals surface area contributed by atoms with E-state index in [-0.39, 0.29) is 101 Å². The van der Waals surface area contributed by atoms with Crippen molar-refractivity contribution in [3.05, 3.63) is 0 Å². The maximum Gasteiger partial charge on any atom is 3.00 e. The van der Waals surface area contributed by atoms with Gasteiger partial charge in [-0.2, -0.15) is 0 Å². The van der Waals surface area contributed by atoms with Crippen molar-refractivity contribution in [3.8, 4) is 0 Å². The minimum absolute atomic E-state index is 0. The summed E-state index contributed by atoms with van der Waals surface area (Å²) in [4.78, 5) is 0. The van der Waals surface area contributed by atoms with E-state index in [1.54, 1.807) is 0 Å². The van der Waals surface area contributed by atoms with Crippen LogP contribution in [0.2, 0.25) is 0 Å². The Bertz CT molecular complexity index is 8.00. The molecule has 0 aliphatic heterocycles. The van der Waals surface area contributed by atoms with E-state index >= 15 is 0 Å². The third kappa shape index (κ3) is 8.91. The summed E-state index contributed by atoms with van der Waals surface area (Å²) in [5.74, 6) is 0. The van der Waals surface area contributed by atoms with E-state index < -0.39 is 0 Å². The topological polar surface area (TPSA) is 28.5 Å². The Hall–Kier alpha value is 3.06. The van der Waals surface area contributed by atoms with Gasteiger partial charge in [-0.05, 0) is 0 Å². The molecule has 0 amide bonds. The smallest absolute Gasteiger partial charge is 2.00 e. The first-order valence-corrected chi connectivity index (χ1v) is 0. The minimum atomic E-state index is 0. The molecular formula is BaOReSc+3. The maximum atomic E-state index is 0. The summed E-state index contributed by atoms with van der Waals surface area (Å²) in [7, 11) is 0. The Labute approximate surface area is 98.1 Å². The van der Waals surface area contributed by atoms with Gasteiger partial charge in [0.25, 0.3) is 0 Å². The summed E-state index contributed by atoms with van der Waals surface area (Å²) < 4.78 is 0. The molecule has 0 bridgehead atoms. The molecule has 0 aromatic carbocycles. The molecule has 0 atom stereocenters. The van der Waals surface area contributed by atoms with Crippen LogP contribution in [-0.2, 0) is 51.7 Å². The van der Waals surface area contributed by atoms with Gasteiger partial charge in [-0.15, -0.1) is 0 Å². The molecular weight excluding hydrogens is 384 g/mol. The quantitative estimate of drug-likeness (QED) is 0.504. The predicted octanol–water partition coefficient (Wildman–Crippen LogP) is -0.505. The van der Waals surface area contributed by atoms with Crippen molar-refractivity contribution in [1.82, 2.24) is 0 Å². The van der Waals surface area contributed by atoms with Gasteiger partial charge in [0.15, 0.2) is 0 Å². The van der Waals surface area contributed by atoms with E-state index in [9.17, 15) is 0 Å². The second-order valence-corrected chi connectivity index (χ2v) is 0. The minimum Gasteiger partial charge on any atom is -2.00 e. The first kappa shape index (κ1) is 27.7. The largest absolute Gasteiger partial charge is 3.00 e. The average molecular weight is 384 g/mol. The fraction of sp³-hybridized carbons (Fsp3) is 0. The molecule has 0 aromatic heterocycles. The van der Waals surface area contributed by atoms with Crippen LogP contribution in [0, 0.1) is 0 Å². The van der Waals surface area contributed by atoms with Crippen LogP contribution < -0.4 is 0 Å². The molecule has 15 valence electrons. The van der Waals surface area contributed by atoms with Crippen LogP contribution in [0.3, 0.4) is 0 Å². The van der Waals surface area contributed by atoms with Crippen LogP contribution in [-0.4, -0.2) is 48.9 Å². The van der Waals surface area contributed by atoms with E-state index in [2.05, 4.69) is 0 Å². The zero-order valence-electron chi connectivity index (χ0n) is 2.07. The van der Waals surface area contributed by atoms with E-state index in [0.717, 1.165) is 0 Å². The summed E-state index contributed by atoms with van der Waals surface area (Å²) in [6, 6.07) is 0. The Balaban J connectivity index is 0. The van der Waals surface area contributed by atoms with Crippen LogP contribution >= 0.6 is 0 Å². The van der Waals surface area contributed by atoms with Gasteiger partial charge in [0.2, 0.25) is 0 Å². The van der Waals surface area contributed by atoms with Crippen molar-refractivity contribution in [2.45, 2.75) is 0 Å². The fourth-order valence-electron chi connectivity index (χ4n) is 0. The second-order valence-electron chi connectivity index (χ2n) is 0. The zero-order valence-corrected chi connectivity index (χ0v) is 11.0. The molecule has 0 aliphatic carbocycles. The molecule has 0 fully saturated rings. The Morgan fingerprint density at radius 1 is 1.00 bits per heavy atom. The molecule has 0 saturated carbocycles. The van der Waals surface area contributed by atoms with Crippen LogP contribution in [0.25, 0.3) is 0 Å². The number of hydrogen-bond acceptors (Lipinski definition) is 0. The van der Waals surface area contributed by atoms with Crippen LogP contribution in [0.1, 0.15) is 0 Å². The van der Waals surface area contributed by atoms with Gasteiger partial charge < -0.3 is 5.48 Å². The van der Waals surface area contributed by atoms with Gasteiger partial charge in [0, 0.05) is 20.4 Å². The van der Waals surface area contributed by atoms with E-state index in [4.69, 9.17) is 0 Å². The SMILES string of the molecule is [Ba+2].[O-2].[Re].[Sc+3].